The van der Waals surface area contributed by atoms with E-state index in [-0.39, 0.29) is 12.1 Å². The van der Waals surface area contributed by atoms with E-state index in [9.17, 15) is 4.79 Å². The Hall–Kier alpha value is -1.30. The van der Waals surface area contributed by atoms with E-state index in [0.29, 0.717) is 0 Å². The predicted octanol–water partition coefficient (Wildman–Crippen LogP) is 3.68. The van der Waals surface area contributed by atoms with E-state index in [1.54, 1.807) is 11.1 Å². The third-order valence-electron chi connectivity index (χ3n) is 3.73. The van der Waals surface area contributed by atoms with Crippen LogP contribution in [0.5, 0.6) is 0 Å². The Morgan fingerprint density at radius 1 is 1.41 bits per heavy atom. The lowest BCUT2D eigenvalue weighted by Gasteiger charge is -2.37. The van der Waals surface area contributed by atoms with Gasteiger partial charge in [0, 0.05) is 32.4 Å². The zero-order chi connectivity index (χ0) is 16.3. The van der Waals surface area contributed by atoms with Crippen LogP contribution < -0.4 is 4.90 Å². The maximum Gasteiger partial charge on any atom is 0.410 e. The highest BCUT2D eigenvalue weighted by molar-refractivity contribution is 9.10. The van der Waals surface area contributed by atoms with Gasteiger partial charge in [-0.25, -0.2) is 9.78 Å². The Kier molecular flexibility index (Phi) is 5.32. The molecule has 0 radical (unpaired) electrons. The molecule has 1 saturated heterocycles. The standard InChI is InChI=1S/C16H24BrN3O2/c1-16(2,3)22-15(21)19(4)12-7-10-20(11-8-12)14-13(17)6-5-9-18-14/h5-6,9,12H,7-8,10-11H2,1-4H3. The Morgan fingerprint density at radius 2 is 2.05 bits per heavy atom. The highest BCUT2D eigenvalue weighted by atomic mass is 79.9. The molecule has 0 atom stereocenters. The average molecular weight is 370 g/mol. The van der Waals surface area contributed by atoms with Crippen LogP contribution in [-0.2, 0) is 4.74 Å². The van der Waals surface area contributed by atoms with Gasteiger partial charge in [-0.05, 0) is 61.7 Å². The number of hydrogen-bond acceptors (Lipinski definition) is 4. The molecule has 1 fully saturated rings. The number of carbonyl (C=O) groups is 1. The maximum absolute atomic E-state index is 12.1. The number of nitrogens with zero attached hydrogens (tertiary/aromatic N) is 3. The smallest absolute Gasteiger partial charge is 0.410 e. The van der Waals surface area contributed by atoms with E-state index in [4.69, 9.17) is 4.74 Å². The topological polar surface area (TPSA) is 45.7 Å². The summed E-state index contributed by atoms with van der Waals surface area (Å²) in [5.74, 6) is 0.973. The molecule has 2 rings (SSSR count). The fourth-order valence-corrected chi connectivity index (χ4v) is 3.06. The lowest BCUT2D eigenvalue weighted by Crippen LogP contribution is -2.47. The van der Waals surface area contributed by atoms with Gasteiger partial charge < -0.3 is 14.5 Å². The van der Waals surface area contributed by atoms with Gasteiger partial charge in [-0.2, -0.15) is 0 Å². The lowest BCUT2D eigenvalue weighted by molar-refractivity contribution is 0.0201. The van der Waals surface area contributed by atoms with E-state index in [2.05, 4.69) is 25.8 Å². The molecule has 0 aromatic carbocycles. The molecule has 0 bridgehead atoms. The first-order valence-electron chi connectivity index (χ1n) is 7.59. The van der Waals surface area contributed by atoms with Crippen LogP contribution in [0.2, 0.25) is 0 Å². The molecule has 0 N–H and O–H groups in total. The second kappa shape index (κ2) is 6.86. The number of hydrogen-bond donors (Lipinski definition) is 0. The molecule has 1 aromatic heterocycles. The van der Waals surface area contributed by atoms with E-state index in [1.165, 1.54) is 0 Å². The number of halogens is 1. The van der Waals surface area contributed by atoms with E-state index in [0.717, 1.165) is 36.2 Å². The second-order valence-electron chi connectivity index (χ2n) is 6.62. The van der Waals surface area contributed by atoms with Gasteiger partial charge in [0.05, 0.1) is 4.47 Å². The predicted molar refractivity (Wildman–Crippen MR) is 91.2 cm³/mol. The molecule has 0 aliphatic carbocycles. The minimum Gasteiger partial charge on any atom is -0.444 e. The van der Waals surface area contributed by atoms with Crippen molar-refractivity contribution in [2.75, 3.05) is 25.0 Å². The van der Waals surface area contributed by atoms with Crippen LogP contribution in [-0.4, -0.2) is 47.8 Å². The summed E-state index contributed by atoms with van der Waals surface area (Å²) >= 11 is 3.54. The first kappa shape index (κ1) is 17.1. The Labute approximate surface area is 140 Å². The van der Waals surface area contributed by atoms with Crippen LogP contribution in [0.4, 0.5) is 10.6 Å². The number of aromatic nitrogens is 1. The SMILES string of the molecule is CN(C(=O)OC(C)(C)C)C1CCN(c2ncccc2Br)CC1. The van der Waals surface area contributed by atoms with Gasteiger partial charge in [0.25, 0.3) is 0 Å². The van der Waals surface area contributed by atoms with Gasteiger partial charge in [0.1, 0.15) is 11.4 Å². The first-order chi connectivity index (χ1) is 10.3. The number of ether oxygens (including phenoxy) is 1. The third-order valence-corrected chi connectivity index (χ3v) is 4.35. The van der Waals surface area contributed by atoms with E-state index >= 15 is 0 Å². The maximum atomic E-state index is 12.1. The molecule has 1 aromatic rings. The van der Waals surface area contributed by atoms with Gasteiger partial charge in [0.15, 0.2) is 0 Å². The summed E-state index contributed by atoms with van der Waals surface area (Å²) in [6.45, 7) is 7.43. The van der Waals surface area contributed by atoms with Crippen molar-refractivity contribution in [2.24, 2.45) is 0 Å². The molecule has 1 aliphatic rings. The largest absolute Gasteiger partial charge is 0.444 e. The molecule has 22 heavy (non-hydrogen) atoms. The normalized spacial score (nSPS) is 16.5. The number of pyridine rings is 1. The summed E-state index contributed by atoms with van der Waals surface area (Å²) in [4.78, 5) is 20.5. The van der Waals surface area contributed by atoms with Gasteiger partial charge in [-0.15, -0.1) is 0 Å². The number of carbonyl (C=O) groups excluding carboxylic acids is 1. The fraction of sp³-hybridized carbons (Fsp3) is 0.625. The van der Waals surface area contributed by atoms with Crippen molar-refractivity contribution in [3.8, 4) is 0 Å². The number of anilines is 1. The van der Waals surface area contributed by atoms with Crippen molar-refractivity contribution >= 4 is 27.8 Å². The first-order valence-corrected chi connectivity index (χ1v) is 8.38. The molecule has 0 unspecified atom stereocenters. The molecular weight excluding hydrogens is 346 g/mol. The molecule has 122 valence electrons. The van der Waals surface area contributed by atoms with Gasteiger partial charge in [-0.1, -0.05) is 0 Å². The Balaban J connectivity index is 1.92. The number of rotatable bonds is 2. The fourth-order valence-electron chi connectivity index (χ4n) is 2.56. The molecular formula is C16H24BrN3O2. The van der Waals surface area contributed by atoms with Crippen LogP contribution in [0.3, 0.4) is 0 Å². The molecule has 1 aliphatic heterocycles. The summed E-state index contributed by atoms with van der Waals surface area (Å²) in [5, 5.41) is 0. The number of amides is 1. The quantitative estimate of drug-likeness (QED) is 0.797. The Morgan fingerprint density at radius 3 is 2.59 bits per heavy atom. The molecule has 0 saturated carbocycles. The van der Waals surface area contributed by atoms with Crippen molar-refractivity contribution < 1.29 is 9.53 Å². The minimum absolute atomic E-state index is 0.216. The summed E-state index contributed by atoms with van der Waals surface area (Å²) in [5.41, 5.74) is -0.454. The van der Waals surface area contributed by atoms with Crippen molar-refractivity contribution in [1.29, 1.82) is 0 Å². The van der Waals surface area contributed by atoms with Crippen LogP contribution in [0, 0.1) is 0 Å². The number of piperidine rings is 1. The molecule has 2 heterocycles. The zero-order valence-corrected chi connectivity index (χ0v) is 15.3. The van der Waals surface area contributed by atoms with Crippen molar-refractivity contribution in [2.45, 2.75) is 45.3 Å². The zero-order valence-electron chi connectivity index (χ0n) is 13.7. The van der Waals surface area contributed by atoms with Crippen molar-refractivity contribution in [3.05, 3.63) is 22.8 Å². The van der Waals surface area contributed by atoms with E-state index in [1.807, 2.05) is 40.0 Å². The van der Waals surface area contributed by atoms with Gasteiger partial charge in [0.2, 0.25) is 0 Å². The average Bonchev–Trinajstić information content (AvgIpc) is 2.45. The summed E-state index contributed by atoms with van der Waals surface area (Å²) in [6.07, 6.45) is 3.39. The van der Waals surface area contributed by atoms with Gasteiger partial charge >= 0.3 is 6.09 Å². The van der Waals surface area contributed by atoms with E-state index < -0.39 is 5.60 Å². The lowest BCUT2D eigenvalue weighted by atomic mass is 10.0. The van der Waals surface area contributed by atoms with Crippen LogP contribution in [0.1, 0.15) is 33.6 Å². The van der Waals surface area contributed by atoms with Crippen molar-refractivity contribution in [1.82, 2.24) is 9.88 Å². The summed E-state index contributed by atoms with van der Waals surface area (Å²) in [7, 11) is 1.82. The monoisotopic (exact) mass is 369 g/mol. The van der Waals surface area contributed by atoms with Crippen molar-refractivity contribution in [3.63, 3.8) is 0 Å². The Bertz CT molecular complexity index is 522. The minimum atomic E-state index is -0.454. The van der Waals surface area contributed by atoms with Crippen LogP contribution >= 0.6 is 15.9 Å². The summed E-state index contributed by atoms with van der Waals surface area (Å²) in [6, 6.07) is 4.13. The van der Waals surface area contributed by atoms with Crippen LogP contribution in [0.25, 0.3) is 0 Å². The highest BCUT2D eigenvalue weighted by Crippen LogP contribution is 2.27. The molecule has 5 nitrogen and oxygen atoms in total. The molecule has 6 heteroatoms. The van der Waals surface area contributed by atoms with Crippen LogP contribution in [0.15, 0.2) is 22.8 Å². The third kappa shape index (κ3) is 4.35. The van der Waals surface area contributed by atoms with Gasteiger partial charge in [-0.3, -0.25) is 0 Å². The molecule has 1 amide bonds. The second-order valence-corrected chi connectivity index (χ2v) is 7.47. The molecule has 0 spiro atoms. The summed E-state index contributed by atoms with van der Waals surface area (Å²) < 4.78 is 6.45. The highest BCUT2D eigenvalue weighted by Gasteiger charge is 2.29.